The highest BCUT2D eigenvalue weighted by Crippen LogP contribution is 2.45. The molecule has 3 rings (SSSR count). The van der Waals surface area contributed by atoms with E-state index in [1.165, 1.54) is 4.90 Å². The van der Waals surface area contributed by atoms with E-state index in [1.807, 2.05) is 33.9 Å². The molecule has 12 heteroatoms. The summed E-state index contributed by atoms with van der Waals surface area (Å²) >= 11 is 6.51. The number of hydrogen-bond acceptors (Lipinski definition) is 6. The summed E-state index contributed by atoms with van der Waals surface area (Å²) in [6, 6.07) is 4.40. The van der Waals surface area contributed by atoms with E-state index < -0.39 is 50.0 Å². The van der Waals surface area contributed by atoms with Crippen molar-refractivity contribution in [3.8, 4) is 0 Å². The zero-order valence-electron chi connectivity index (χ0n) is 25.0. The van der Waals surface area contributed by atoms with Gasteiger partial charge in [0.1, 0.15) is 11.7 Å². The fourth-order valence-corrected chi connectivity index (χ4v) is 6.43. The van der Waals surface area contributed by atoms with Crippen LogP contribution in [0.3, 0.4) is 0 Å². The number of nitrogens with one attached hydrogen (secondary N) is 1. The molecule has 8 nitrogen and oxygen atoms in total. The van der Waals surface area contributed by atoms with Crippen molar-refractivity contribution in [2.45, 2.75) is 121 Å². The van der Waals surface area contributed by atoms with Crippen LogP contribution in [0.15, 0.2) is 23.2 Å². The summed E-state index contributed by atoms with van der Waals surface area (Å²) in [4.78, 5) is 32.8. The molecule has 1 aliphatic heterocycles. The van der Waals surface area contributed by atoms with Crippen molar-refractivity contribution in [2.75, 3.05) is 5.73 Å². The lowest BCUT2D eigenvalue weighted by molar-refractivity contribution is -0.147. The third-order valence-electron chi connectivity index (χ3n) is 7.94. The van der Waals surface area contributed by atoms with E-state index in [1.54, 1.807) is 45.9 Å². The van der Waals surface area contributed by atoms with E-state index in [0.717, 1.165) is 0 Å². The average molecular weight is 601 g/mol. The van der Waals surface area contributed by atoms with Crippen molar-refractivity contribution in [2.24, 2.45) is 4.99 Å². The van der Waals surface area contributed by atoms with Gasteiger partial charge in [-0.25, -0.2) is 18.6 Å². The molecule has 1 saturated carbocycles. The van der Waals surface area contributed by atoms with E-state index in [2.05, 4.69) is 5.32 Å². The van der Waals surface area contributed by atoms with Crippen molar-refractivity contribution in [1.29, 1.82) is 0 Å². The monoisotopic (exact) mass is 600 g/mol. The second-order valence-corrected chi connectivity index (χ2v) is 18.7. The van der Waals surface area contributed by atoms with Gasteiger partial charge in [-0.1, -0.05) is 44.5 Å². The number of nitrogens with two attached hydrogens (primary N) is 1. The van der Waals surface area contributed by atoms with Crippen LogP contribution in [0.4, 0.5) is 19.3 Å². The second-order valence-electron chi connectivity index (χ2n) is 13.5. The van der Waals surface area contributed by atoms with Gasteiger partial charge < -0.3 is 14.9 Å². The van der Waals surface area contributed by atoms with Gasteiger partial charge in [0, 0.05) is 18.0 Å². The Kier molecular flexibility index (Phi) is 8.77. The molecule has 3 N–H and O–H groups in total. The summed E-state index contributed by atoms with van der Waals surface area (Å²) < 4.78 is 42.0. The molecule has 2 aliphatic rings. The number of nitrogen functional groups attached to an aromatic ring is 1. The van der Waals surface area contributed by atoms with E-state index in [-0.39, 0.29) is 41.2 Å². The Bertz CT molecular complexity index is 1180. The van der Waals surface area contributed by atoms with E-state index in [9.17, 15) is 9.59 Å². The third-order valence-corrected chi connectivity index (χ3v) is 12.9. The highest BCUT2D eigenvalue weighted by Gasteiger charge is 2.53. The molecule has 0 saturated heterocycles. The Balaban J connectivity index is 2.03. The maximum absolute atomic E-state index is 15.2. The largest absolute Gasteiger partial charge is 0.444 e. The minimum Gasteiger partial charge on any atom is -0.444 e. The number of ether oxygens (including phenoxy) is 1. The van der Waals surface area contributed by atoms with Crippen LogP contribution in [-0.4, -0.2) is 54.8 Å². The number of hydrogen-bond donors (Lipinski definition) is 2. The summed E-state index contributed by atoms with van der Waals surface area (Å²) in [5, 5.41) is 2.60. The average Bonchev–Trinajstić information content (AvgIpc) is 2.75. The number of carbonyl (C=O) groups is 2. The summed E-state index contributed by atoms with van der Waals surface area (Å²) in [5.41, 5.74) is 4.88. The molecule has 0 spiro atoms. The molecular weight excluding hydrogens is 558 g/mol. The Morgan fingerprint density at radius 2 is 1.85 bits per heavy atom. The molecule has 1 heterocycles. The fraction of sp³-hybridized carbons (Fsp3) is 0.679. The number of amides is 2. The molecule has 1 aromatic carbocycles. The van der Waals surface area contributed by atoms with Gasteiger partial charge in [-0.3, -0.25) is 15.0 Å². The Morgan fingerprint density at radius 1 is 1.23 bits per heavy atom. The molecule has 1 aromatic rings. The number of alkyl halides is 2. The van der Waals surface area contributed by atoms with E-state index in [0.29, 0.717) is 11.3 Å². The van der Waals surface area contributed by atoms with Crippen molar-refractivity contribution in [3.63, 3.8) is 0 Å². The van der Waals surface area contributed by atoms with E-state index >= 15 is 8.78 Å². The van der Waals surface area contributed by atoms with Gasteiger partial charge in [-0.15, -0.1) is 0 Å². The van der Waals surface area contributed by atoms with Crippen LogP contribution in [0.5, 0.6) is 0 Å². The van der Waals surface area contributed by atoms with Crippen molar-refractivity contribution < 1.29 is 27.5 Å². The summed E-state index contributed by atoms with van der Waals surface area (Å²) in [5.74, 6) is -3.51. The highest BCUT2D eigenvalue weighted by atomic mass is 35.5. The predicted octanol–water partition coefficient (Wildman–Crippen LogP) is 6.83. The van der Waals surface area contributed by atoms with Crippen LogP contribution < -0.4 is 11.1 Å². The van der Waals surface area contributed by atoms with Crippen molar-refractivity contribution in [1.82, 2.24) is 10.2 Å². The number of nitrogens with zero attached hydrogens (tertiary/aromatic N) is 2. The Labute approximate surface area is 242 Å². The van der Waals surface area contributed by atoms with Crippen LogP contribution in [0.1, 0.15) is 79.7 Å². The smallest absolute Gasteiger partial charge is 0.414 e. The minimum absolute atomic E-state index is 0.0148. The molecule has 2 amide bonds. The molecule has 1 aliphatic carbocycles. The lowest BCUT2D eigenvalue weighted by atomic mass is 9.84. The third kappa shape index (κ3) is 6.96. The number of guanidine groups is 1. The Hall–Kier alpha value is -2.24. The SMILES string of the molecule is CC(C)(C)OC(=O)NC1=N[C@](C)(c2cccc(N)c2Cl)CC(=O)N1[C@@H]1CCC(F)(F)[C@H](O[Si](C)(C)C(C)(C)C)C1. The number of benzene rings is 1. The highest BCUT2D eigenvalue weighted by molar-refractivity contribution is 6.74. The number of alkyl carbamates (subject to hydrolysis) is 1. The molecule has 0 radical (unpaired) electrons. The first-order chi connectivity index (χ1) is 18.1. The zero-order chi connectivity index (χ0) is 30.5. The van der Waals surface area contributed by atoms with Crippen molar-refractivity contribution >= 4 is 43.6 Å². The lowest BCUT2D eigenvalue weighted by Crippen LogP contribution is -2.61. The minimum atomic E-state index is -3.05. The Morgan fingerprint density at radius 3 is 2.42 bits per heavy atom. The number of anilines is 1. The molecule has 0 aromatic heterocycles. The van der Waals surface area contributed by atoms with Gasteiger partial charge in [0.05, 0.1) is 22.7 Å². The predicted molar refractivity (Wildman–Crippen MR) is 156 cm³/mol. The van der Waals surface area contributed by atoms with Crippen LogP contribution in [-0.2, 0) is 19.5 Å². The summed E-state index contributed by atoms with van der Waals surface area (Å²) in [6.07, 6.45) is -2.84. The molecule has 40 heavy (non-hydrogen) atoms. The molecule has 1 fully saturated rings. The number of halogens is 3. The van der Waals surface area contributed by atoms with Gasteiger partial charge in [0.25, 0.3) is 5.92 Å². The van der Waals surface area contributed by atoms with Gasteiger partial charge in [0.2, 0.25) is 11.9 Å². The quantitative estimate of drug-likeness (QED) is 0.291. The van der Waals surface area contributed by atoms with Gasteiger partial charge >= 0.3 is 6.09 Å². The molecule has 224 valence electrons. The van der Waals surface area contributed by atoms with Gasteiger partial charge in [0.15, 0.2) is 8.32 Å². The number of rotatable bonds is 4. The molecule has 0 unspecified atom stereocenters. The molecule has 0 bridgehead atoms. The number of carbonyl (C=O) groups excluding carboxylic acids is 2. The standard InChI is InChI=1S/C28H43ClF2N4O4Si/c1-25(2,3)38-24(37)33-23-34-27(7,18-11-10-12-19(32)22(18)29)16-21(36)35(23)17-13-14-28(30,31)20(15-17)39-40(8,9)26(4,5)6/h10-12,17,20H,13-16,32H2,1-9H3,(H,33,34,37)/t17-,20-,27+/m1/s1. The molecular formula is C28H43ClF2N4O4Si. The number of aliphatic imine (C=N–C) groups is 1. The first kappa shape index (κ1) is 32.3. The summed E-state index contributed by atoms with van der Waals surface area (Å²) in [6.45, 7) is 16.7. The second kappa shape index (κ2) is 10.9. The topological polar surface area (TPSA) is 106 Å². The maximum atomic E-state index is 15.2. The maximum Gasteiger partial charge on any atom is 0.414 e. The van der Waals surface area contributed by atoms with Crippen LogP contribution >= 0.6 is 11.6 Å². The first-order valence-corrected chi connectivity index (χ1v) is 16.9. The van der Waals surface area contributed by atoms with Crippen LogP contribution in [0.25, 0.3) is 0 Å². The molecule has 3 atom stereocenters. The summed E-state index contributed by atoms with van der Waals surface area (Å²) in [7, 11) is -2.56. The van der Waals surface area contributed by atoms with Gasteiger partial charge in [-0.2, -0.15) is 0 Å². The normalized spacial score (nSPS) is 25.9. The van der Waals surface area contributed by atoms with Crippen LogP contribution in [0, 0.1) is 0 Å². The lowest BCUT2D eigenvalue weighted by Gasteiger charge is -2.47. The zero-order valence-corrected chi connectivity index (χ0v) is 26.7. The first-order valence-electron chi connectivity index (χ1n) is 13.6. The fourth-order valence-electron chi connectivity index (χ4n) is 4.76. The van der Waals surface area contributed by atoms with Crippen molar-refractivity contribution in [3.05, 3.63) is 28.8 Å². The van der Waals surface area contributed by atoms with E-state index in [4.69, 9.17) is 31.5 Å². The van der Waals surface area contributed by atoms with Crippen LogP contribution in [0.2, 0.25) is 23.2 Å². The van der Waals surface area contributed by atoms with Gasteiger partial charge in [-0.05, 0) is 64.7 Å².